The first-order valence-electron chi connectivity index (χ1n) is 4.22. The van der Waals surface area contributed by atoms with E-state index in [1.54, 1.807) is 13.8 Å². The van der Waals surface area contributed by atoms with E-state index in [9.17, 15) is 4.79 Å². The van der Waals surface area contributed by atoms with Crippen LogP contribution in [0.15, 0.2) is 12.4 Å². The van der Waals surface area contributed by atoms with Crippen LogP contribution >= 0.6 is 0 Å². The van der Waals surface area contributed by atoms with Gasteiger partial charge in [-0.15, -0.1) is 0 Å². The van der Waals surface area contributed by atoms with E-state index in [1.165, 1.54) is 0 Å². The van der Waals surface area contributed by atoms with Crippen LogP contribution in [0.2, 0.25) is 0 Å². The van der Waals surface area contributed by atoms with Gasteiger partial charge in [-0.25, -0.2) is 0 Å². The first-order chi connectivity index (χ1) is 5.85. The van der Waals surface area contributed by atoms with Gasteiger partial charge in [0.2, 0.25) is 0 Å². The molecule has 0 aliphatic heterocycles. The Morgan fingerprint density at radius 3 is 2.31 bits per heavy atom. The van der Waals surface area contributed by atoms with Gasteiger partial charge in [0, 0.05) is 19.4 Å². The van der Waals surface area contributed by atoms with E-state index in [4.69, 9.17) is 5.11 Å². The van der Waals surface area contributed by atoms with E-state index in [0.717, 1.165) is 11.1 Å². The van der Waals surface area contributed by atoms with Crippen molar-refractivity contribution in [3.63, 3.8) is 0 Å². The molecule has 0 atom stereocenters. The van der Waals surface area contributed by atoms with Crippen LogP contribution in [0.25, 0.3) is 0 Å². The van der Waals surface area contributed by atoms with Gasteiger partial charge in [-0.3, -0.25) is 4.79 Å². The highest BCUT2D eigenvalue weighted by Crippen LogP contribution is 2.26. The van der Waals surface area contributed by atoms with Crippen LogP contribution < -0.4 is 0 Å². The lowest BCUT2D eigenvalue weighted by Crippen LogP contribution is -2.28. The highest BCUT2D eigenvalue weighted by atomic mass is 16.4. The Balaban J connectivity index is 3.21. The first-order valence-corrected chi connectivity index (χ1v) is 4.22. The lowest BCUT2D eigenvalue weighted by molar-refractivity contribution is -0.142. The van der Waals surface area contributed by atoms with Crippen molar-refractivity contribution in [3.05, 3.63) is 23.5 Å². The number of nitrogens with zero attached hydrogens (tertiary/aromatic N) is 1. The fraction of sp³-hybridized carbons (Fsp3) is 0.500. The molecule has 0 radical (unpaired) electrons. The van der Waals surface area contributed by atoms with Crippen molar-refractivity contribution in [3.8, 4) is 0 Å². The van der Waals surface area contributed by atoms with Gasteiger partial charge in [0.1, 0.15) is 0 Å². The summed E-state index contributed by atoms with van der Waals surface area (Å²) in [5.74, 6) is -0.790. The maximum Gasteiger partial charge on any atom is 0.313 e. The number of aliphatic carboxylic acids is 1. The quantitative estimate of drug-likeness (QED) is 0.754. The van der Waals surface area contributed by atoms with Crippen LogP contribution in [-0.2, 0) is 17.3 Å². The smallest absolute Gasteiger partial charge is 0.313 e. The Labute approximate surface area is 78.0 Å². The minimum atomic E-state index is -0.800. The fourth-order valence-electron chi connectivity index (χ4n) is 1.49. The molecule has 0 aromatic carbocycles. The molecular formula is C10H15NO2. The second-order valence-electron chi connectivity index (χ2n) is 3.95. The van der Waals surface area contributed by atoms with E-state index in [-0.39, 0.29) is 0 Å². The van der Waals surface area contributed by atoms with Crippen molar-refractivity contribution in [2.45, 2.75) is 26.2 Å². The SMILES string of the molecule is Cc1cn(C)cc1C(C)(C)C(=O)O. The number of aromatic nitrogens is 1. The highest BCUT2D eigenvalue weighted by molar-refractivity contribution is 5.80. The van der Waals surface area contributed by atoms with Gasteiger partial charge in [-0.1, -0.05) is 0 Å². The maximum atomic E-state index is 11.0. The average molecular weight is 181 g/mol. The molecule has 0 aliphatic carbocycles. The third kappa shape index (κ3) is 1.59. The largest absolute Gasteiger partial charge is 0.481 e. The number of carbonyl (C=O) groups is 1. The summed E-state index contributed by atoms with van der Waals surface area (Å²) in [6.45, 7) is 5.37. The number of carboxylic acids is 1. The van der Waals surface area contributed by atoms with Crippen LogP contribution in [0.1, 0.15) is 25.0 Å². The monoisotopic (exact) mass is 181 g/mol. The lowest BCUT2D eigenvalue weighted by Gasteiger charge is -2.18. The molecule has 3 nitrogen and oxygen atoms in total. The summed E-state index contributed by atoms with van der Waals surface area (Å²) in [5, 5.41) is 9.02. The second-order valence-corrected chi connectivity index (χ2v) is 3.95. The third-order valence-corrected chi connectivity index (χ3v) is 2.36. The van der Waals surface area contributed by atoms with E-state index in [0.29, 0.717) is 0 Å². The van der Waals surface area contributed by atoms with Gasteiger partial charge in [-0.05, 0) is 31.9 Å². The van der Waals surface area contributed by atoms with Crippen molar-refractivity contribution in [2.75, 3.05) is 0 Å². The van der Waals surface area contributed by atoms with Crippen molar-refractivity contribution in [1.29, 1.82) is 0 Å². The molecule has 0 aliphatic rings. The summed E-state index contributed by atoms with van der Waals surface area (Å²) in [7, 11) is 1.90. The molecule has 0 spiro atoms. The normalized spacial score (nSPS) is 11.7. The molecule has 3 heteroatoms. The molecule has 0 bridgehead atoms. The molecule has 0 unspecified atom stereocenters. The fourth-order valence-corrected chi connectivity index (χ4v) is 1.49. The molecule has 0 amide bonds. The summed E-state index contributed by atoms with van der Waals surface area (Å²) in [5.41, 5.74) is 1.10. The molecule has 1 aromatic heterocycles. The topological polar surface area (TPSA) is 42.2 Å². The van der Waals surface area contributed by atoms with E-state index in [2.05, 4.69) is 0 Å². The Hall–Kier alpha value is -1.25. The van der Waals surface area contributed by atoms with Gasteiger partial charge in [-0.2, -0.15) is 0 Å². The van der Waals surface area contributed by atoms with Gasteiger partial charge < -0.3 is 9.67 Å². The second kappa shape index (κ2) is 2.91. The highest BCUT2D eigenvalue weighted by Gasteiger charge is 2.31. The van der Waals surface area contributed by atoms with Crippen LogP contribution in [-0.4, -0.2) is 15.6 Å². The van der Waals surface area contributed by atoms with Gasteiger partial charge in [0.25, 0.3) is 0 Å². The zero-order chi connectivity index (χ0) is 10.2. The number of hydrogen-bond donors (Lipinski definition) is 1. The predicted molar refractivity (Wildman–Crippen MR) is 50.8 cm³/mol. The Morgan fingerprint density at radius 1 is 1.46 bits per heavy atom. The lowest BCUT2D eigenvalue weighted by atomic mass is 9.84. The molecule has 0 saturated heterocycles. The molecule has 0 saturated carbocycles. The molecule has 0 fully saturated rings. The molecule has 1 N–H and O–H groups in total. The third-order valence-electron chi connectivity index (χ3n) is 2.36. The van der Waals surface area contributed by atoms with Gasteiger partial charge in [0.05, 0.1) is 5.41 Å². The standard InChI is InChI=1S/C10H15NO2/c1-7-5-11(4)6-8(7)10(2,3)9(12)13/h5-6H,1-4H3,(H,12,13). The number of carboxylic acid groups (broad SMARTS) is 1. The zero-order valence-electron chi connectivity index (χ0n) is 8.46. The summed E-state index contributed by atoms with van der Waals surface area (Å²) >= 11 is 0. The molecular weight excluding hydrogens is 166 g/mol. The Bertz CT molecular complexity index is 337. The number of rotatable bonds is 2. The average Bonchev–Trinajstić information content (AvgIpc) is 2.30. The molecule has 1 heterocycles. The van der Waals surface area contributed by atoms with Crippen molar-refractivity contribution < 1.29 is 9.90 Å². The van der Waals surface area contributed by atoms with Crippen LogP contribution in [0.4, 0.5) is 0 Å². The van der Waals surface area contributed by atoms with Crippen LogP contribution in [0.5, 0.6) is 0 Å². The minimum Gasteiger partial charge on any atom is -0.481 e. The van der Waals surface area contributed by atoms with E-state index in [1.807, 2.05) is 30.9 Å². The number of aryl methyl sites for hydroxylation is 2. The van der Waals surface area contributed by atoms with E-state index < -0.39 is 11.4 Å². The molecule has 13 heavy (non-hydrogen) atoms. The Morgan fingerprint density at radius 2 is 2.00 bits per heavy atom. The van der Waals surface area contributed by atoms with Crippen molar-refractivity contribution in [1.82, 2.24) is 4.57 Å². The minimum absolute atomic E-state index is 0.790. The Kier molecular flexibility index (Phi) is 2.20. The summed E-state index contributed by atoms with van der Waals surface area (Å²) in [6.07, 6.45) is 3.80. The molecule has 72 valence electrons. The van der Waals surface area contributed by atoms with Gasteiger partial charge in [0.15, 0.2) is 0 Å². The first kappa shape index (κ1) is 9.84. The molecule has 1 aromatic rings. The summed E-state index contributed by atoms with van der Waals surface area (Å²) < 4.78 is 1.88. The van der Waals surface area contributed by atoms with Crippen LogP contribution in [0, 0.1) is 6.92 Å². The zero-order valence-corrected chi connectivity index (χ0v) is 8.46. The van der Waals surface area contributed by atoms with Gasteiger partial charge >= 0.3 is 5.97 Å². The van der Waals surface area contributed by atoms with E-state index >= 15 is 0 Å². The van der Waals surface area contributed by atoms with Crippen molar-refractivity contribution in [2.24, 2.45) is 7.05 Å². The predicted octanol–water partition coefficient (Wildman–Crippen LogP) is 1.70. The summed E-state index contributed by atoms with van der Waals surface area (Å²) in [4.78, 5) is 11.0. The molecule has 1 rings (SSSR count). The maximum absolute atomic E-state index is 11.0. The summed E-state index contributed by atoms with van der Waals surface area (Å²) in [6, 6.07) is 0. The van der Waals surface area contributed by atoms with Crippen molar-refractivity contribution >= 4 is 5.97 Å². The number of hydrogen-bond acceptors (Lipinski definition) is 1. The van der Waals surface area contributed by atoms with Crippen LogP contribution in [0.3, 0.4) is 0 Å².